The number of unbranched alkanes of at least 4 members (excludes halogenated alkanes) is 2. The van der Waals surface area contributed by atoms with Gasteiger partial charge in [0.2, 0.25) is 0 Å². The lowest BCUT2D eigenvalue weighted by Gasteiger charge is -2.23. The van der Waals surface area contributed by atoms with Gasteiger partial charge in [-0.05, 0) is 46.5 Å². The van der Waals surface area contributed by atoms with Crippen molar-refractivity contribution in [3.63, 3.8) is 0 Å². The molecular formula is C17H35IN4O3. The average Bonchev–Trinajstić information content (AvgIpc) is 2.92. The number of amides is 1. The summed E-state index contributed by atoms with van der Waals surface area (Å²) < 4.78 is 10.4. The summed E-state index contributed by atoms with van der Waals surface area (Å²) in [6.07, 6.45) is 3.86. The average molecular weight is 470 g/mol. The van der Waals surface area contributed by atoms with Crippen LogP contribution in [0.3, 0.4) is 0 Å². The molecule has 0 saturated carbocycles. The lowest BCUT2D eigenvalue weighted by molar-refractivity contribution is 0.0507. The lowest BCUT2D eigenvalue weighted by Crippen LogP contribution is -2.44. The summed E-state index contributed by atoms with van der Waals surface area (Å²) in [5.74, 6) is 0.898. The number of methoxy groups -OCH3 is 1. The Morgan fingerprint density at radius 2 is 2.00 bits per heavy atom. The first-order chi connectivity index (χ1) is 11.4. The van der Waals surface area contributed by atoms with Crippen molar-refractivity contribution in [1.82, 2.24) is 15.5 Å². The zero-order valence-corrected chi connectivity index (χ0v) is 18.6. The van der Waals surface area contributed by atoms with E-state index in [0.29, 0.717) is 0 Å². The Hall–Kier alpha value is -0.770. The SMILES string of the molecule is CN=C(NCCCCCOC)N1CCC(NC(=O)OC(C)(C)C)C1.I. The summed E-state index contributed by atoms with van der Waals surface area (Å²) >= 11 is 0. The van der Waals surface area contributed by atoms with Crippen LogP contribution in [-0.4, -0.2) is 69.0 Å². The van der Waals surface area contributed by atoms with E-state index in [1.165, 1.54) is 0 Å². The number of hydrogen-bond donors (Lipinski definition) is 2. The lowest BCUT2D eigenvalue weighted by atomic mass is 10.2. The minimum absolute atomic E-state index is 0. The van der Waals surface area contributed by atoms with Crippen molar-refractivity contribution in [2.75, 3.05) is 40.4 Å². The maximum atomic E-state index is 11.8. The molecule has 1 atom stereocenters. The summed E-state index contributed by atoms with van der Waals surface area (Å²) in [6.45, 7) is 8.95. The Bertz CT molecular complexity index is 413. The molecule has 1 saturated heterocycles. The van der Waals surface area contributed by atoms with Crippen LogP contribution in [0.2, 0.25) is 0 Å². The molecule has 0 aromatic carbocycles. The summed E-state index contributed by atoms with van der Waals surface area (Å²) in [4.78, 5) is 18.4. The fourth-order valence-electron chi connectivity index (χ4n) is 2.63. The van der Waals surface area contributed by atoms with E-state index in [1.807, 2.05) is 20.8 Å². The molecule has 1 rings (SSSR count). The molecule has 1 unspecified atom stereocenters. The summed E-state index contributed by atoms with van der Waals surface area (Å²) in [5, 5.41) is 6.33. The minimum atomic E-state index is -0.469. The van der Waals surface area contributed by atoms with Crippen molar-refractivity contribution in [1.29, 1.82) is 0 Å². The number of hydrogen-bond acceptors (Lipinski definition) is 4. The van der Waals surface area contributed by atoms with Crippen LogP contribution in [0.4, 0.5) is 4.79 Å². The molecule has 0 aliphatic carbocycles. The predicted molar refractivity (Wildman–Crippen MR) is 112 cm³/mol. The van der Waals surface area contributed by atoms with E-state index in [0.717, 1.165) is 57.9 Å². The third-order valence-electron chi connectivity index (χ3n) is 3.73. The largest absolute Gasteiger partial charge is 0.444 e. The fourth-order valence-corrected chi connectivity index (χ4v) is 2.63. The first-order valence-electron chi connectivity index (χ1n) is 8.79. The number of nitrogens with zero attached hydrogens (tertiary/aromatic N) is 2. The smallest absolute Gasteiger partial charge is 0.407 e. The standard InChI is InChI=1S/C17H34N4O3.HI/c1-17(2,3)24-16(22)20-14-9-11-21(13-14)15(18-4)19-10-7-6-8-12-23-5;/h14H,6-13H2,1-5H3,(H,18,19)(H,20,22);1H. The topological polar surface area (TPSA) is 75.2 Å². The second-order valence-electron chi connectivity index (χ2n) is 7.11. The van der Waals surface area contributed by atoms with Crippen LogP contribution in [0, 0.1) is 0 Å². The van der Waals surface area contributed by atoms with Crippen molar-refractivity contribution in [2.24, 2.45) is 4.99 Å². The van der Waals surface area contributed by atoms with Gasteiger partial charge in [0.15, 0.2) is 5.96 Å². The molecule has 0 radical (unpaired) electrons. The number of alkyl carbamates (subject to hydrolysis) is 1. The number of aliphatic imine (C=N–C) groups is 1. The number of ether oxygens (including phenoxy) is 2. The molecule has 1 heterocycles. The Morgan fingerprint density at radius 3 is 2.60 bits per heavy atom. The van der Waals surface area contributed by atoms with Gasteiger partial charge in [0.05, 0.1) is 6.04 Å². The summed E-state index contributed by atoms with van der Waals surface area (Å²) in [5.41, 5.74) is -0.469. The van der Waals surface area contributed by atoms with Crippen LogP contribution in [0.5, 0.6) is 0 Å². The Balaban J connectivity index is 0.00000576. The van der Waals surface area contributed by atoms with Gasteiger partial charge in [-0.25, -0.2) is 4.79 Å². The number of nitrogens with one attached hydrogen (secondary N) is 2. The number of carbonyl (C=O) groups is 1. The van der Waals surface area contributed by atoms with Crippen LogP contribution in [0.1, 0.15) is 46.5 Å². The summed E-state index contributed by atoms with van der Waals surface area (Å²) in [7, 11) is 3.52. The number of likely N-dealkylation sites (tertiary alicyclic amines) is 1. The normalized spacial score (nSPS) is 17.9. The van der Waals surface area contributed by atoms with Crippen LogP contribution < -0.4 is 10.6 Å². The highest BCUT2D eigenvalue weighted by Gasteiger charge is 2.27. The highest BCUT2D eigenvalue weighted by molar-refractivity contribution is 14.0. The van der Waals surface area contributed by atoms with Gasteiger partial charge in [0, 0.05) is 40.4 Å². The van der Waals surface area contributed by atoms with Crippen molar-refractivity contribution in [3.8, 4) is 0 Å². The van der Waals surface area contributed by atoms with Gasteiger partial charge >= 0.3 is 6.09 Å². The Labute approximate surface area is 169 Å². The van der Waals surface area contributed by atoms with Gasteiger partial charge < -0.3 is 25.0 Å². The molecule has 148 valence electrons. The van der Waals surface area contributed by atoms with Crippen molar-refractivity contribution in [3.05, 3.63) is 0 Å². The van der Waals surface area contributed by atoms with Crippen molar-refractivity contribution < 1.29 is 14.3 Å². The molecule has 8 heteroatoms. The van der Waals surface area contributed by atoms with Crippen LogP contribution in [-0.2, 0) is 9.47 Å². The third-order valence-corrected chi connectivity index (χ3v) is 3.73. The van der Waals surface area contributed by atoms with E-state index in [2.05, 4.69) is 20.5 Å². The molecule has 1 amide bonds. The molecule has 2 N–H and O–H groups in total. The summed E-state index contributed by atoms with van der Waals surface area (Å²) in [6, 6.07) is 0.0973. The zero-order chi connectivity index (χ0) is 18.0. The molecule has 1 aliphatic heterocycles. The molecule has 25 heavy (non-hydrogen) atoms. The molecule has 7 nitrogen and oxygen atoms in total. The van der Waals surface area contributed by atoms with E-state index in [-0.39, 0.29) is 36.1 Å². The molecule has 0 spiro atoms. The van der Waals surface area contributed by atoms with E-state index in [4.69, 9.17) is 9.47 Å². The molecule has 1 aliphatic rings. The second kappa shape index (κ2) is 12.6. The quantitative estimate of drug-likeness (QED) is 0.259. The van der Waals surface area contributed by atoms with Gasteiger partial charge in [0.1, 0.15) is 5.60 Å². The number of rotatable bonds is 7. The van der Waals surface area contributed by atoms with Crippen LogP contribution in [0.25, 0.3) is 0 Å². The van der Waals surface area contributed by atoms with Crippen LogP contribution >= 0.6 is 24.0 Å². The van der Waals surface area contributed by atoms with Gasteiger partial charge in [-0.15, -0.1) is 24.0 Å². The van der Waals surface area contributed by atoms with Crippen molar-refractivity contribution >= 4 is 36.0 Å². The highest BCUT2D eigenvalue weighted by Crippen LogP contribution is 2.12. The van der Waals surface area contributed by atoms with Gasteiger partial charge in [0.25, 0.3) is 0 Å². The first-order valence-corrected chi connectivity index (χ1v) is 8.79. The monoisotopic (exact) mass is 470 g/mol. The number of carbonyl (C=O) groups excluding carboxylic acids is 1. The predicted octanol–water partition coefficient (Wildman–Crippen LogP) is 2.60. The Kier molecular flexibility index (Phi) is 12.2. The fraction of sp³-hybridized carbons (Fsp3) is 0.882. The molecule has 0 aromatic rings. The van der Waals surface area contributed by atoms with Gasteiger partial charge in [-0.1, -0.05) is 0 Å². The van der Waals surface area contributed by atoms with Gasteiger partial charge in [-0.2, -0.15) is 0 Å². The molecule has 0 aromatic heterocycles. The minimum Gasteiger partial charge on any atom is -0.444 e. The zero-order valence-electron chi connectivity index (χ0n) is 16.3. The first kappa shape index (κ1) is 24.2. The maximum Gasteiger partial charge on any atom is 0.407 e. The van der Waals surface area contributed by atoms with Crippen molar-refractivity contribution in [2.45, 2.75) is 58.1 Å². The number of halogens is 1. The van der Waals surface area contributed by atoms with Gasteiger partial charge in [-0.3, -0.25) is 4.99 Å². The number of guanidine groups is 1. The van der Waals surface area contributed by atoms with E-state index < -0.39 is 5.60 Å². The van der Waals surface area contributed by atoms with Crippen LogP contribution in [0.15, 0.2) is 4.99 Å². The van der Waals surface area contributed by atoms with E-state index >= 15 is 0 Å². The molecule has 1 fully saturated rings. The Morgan fingerprint density at radius 1 is 1.28 bits per heavy atom. The third kappa shape index (κ3) is 10.7. The highest BCUT2D eigenvalue weighted by atomic mass is 127. The molecular weight excluding hydrogens is 435 g/mol. The van der Waals surface area contributed by atoms with E-state index in [9.17, 15) is 4.79 Å². The van der Waals surface area contributed by atoms with E-state index in [1.54, 1.807) is 14.2 Å². The second-order valence-corrected chi connectivity index (χ2v) is 7.11. The molecule has 0 bridgehead atoms. The maximum absolute atomic E-state index is 11.8.